The van der Waals surface area contributed by atoms with Crippen molar-refractivity contribution in [1.29, 1.82) is 0 Å². The van der Waals surface area contributed by atoms with Crippen molar-refractivity contribution in [2.75, 3.05) is 24.5 Å². The van der Waals surface area contributed by atoms with E-state index in [2.05, 4.69) is 0 Å². The molecule has 3 rings (SSSR count). The van der Waals surface area contributed by atoms with Crippen LogP contribution in [-0.4, -0.2) is 25.5 Å². The van der Waals surface area contributed by atoms with Gasteiger partial charge in [-0.15, -0.1) is 11.6 Å². The maximum absolute atomic E-state index is 12.4. The van der Waals surface area contributed by atoms with Gasteiger partial charge < -0.3 is 9.47 Å². The van der Waals surface area contributed by atoms with E-state index in [0.29, 0.717) is 23.3 Å². The minimum Gasteiger partial charge on any atom is -0.497 e. The highest BCUT2D eigenvalue weighted by molar-refractivity contribution is 8.00. The standard InChI is InChI=1S/C19H19Cl2NO3S/c1-12(23)22-16-10-13(21)4-7-18(16)26-19(22)15-11-14(24-2)5-6-17(15)25-9-3-8-20/h4-7,10-11,19H,3,8-9H2,1-2H3. The van der Waals surface area contributed by atoms with Crippen LogP contribution in [0.5, 0.6) is 11.5 Å². The molecule has 2 aromatic carbocycles. The minimum absolute atomic E-state index is 0.0574. The van der Waals surface area contributed by atoms with E-state index >= 15 is 0 Å². The number of ether oxygens (including phenoxy) is 2. The summed E-state index contributed by atoms with van der Waals surface area (Å²) in [5.74, 6) is 1.91. The zero-order valence-corrected chi connectivity index (χ0v) is 16.8. The Morgan fingerprint density at radius 1 is 1.27 bits per heavy atom. The highest BCUT2D eigenvalue weighted by atomic mass is 35.5. The zero-order chi connectivity index (χ0) is 18.7. The number of anilines is 1. The second-order valence-corrected chi connectivity index (χ2v) is 7.70. The Hall–Kier alpha value is -1.56. The van der Waals surface area contributed by atoms with Gasteiger partial charge in [-0.05, 0) is 42.8 Å². The fourth-order valence-electron chi connectivity index (χ4n) is 2.83. The molecule has 0 saturated carbocycles. The quantitative estimate of drug-likeness (QED) is 0.463. The number of benzene rings is 2. The van der Waals surface area contributed by atoms with Crippen LogP contribution < -0.4 is 14.4 Å². The number of methoxy groups -OCH3 is 1. The van der Waals surface area contributed by atoms with Crippen molar-refractivity contribution in [1.82, 2.24) is 0 Å². The first-order valence-corrected chi connectivity index (χ1v) is 9.97. The van der Waals surface area contributed by atoms with Crippen molar-refractivity contribution in [3.63, 3.8) is 0 Å². The topological polar surface area (TPSA) is 38.8 Å². The van der Waals surface area contributed by atoms with Gasteiger partial charge in [0.1, 0.15) is 16.9 Å². The van der Waals surface area contributed by atoms with E-state index in [9.17, 15) is 4.79 Å². The summed E-state index contributed by atoms with van der Waals surface area (Å²) >= 11 is 13.5. The van der Waals surface area contributed by atoms with Crippen molar-refractivity contribution in [2.24, 2.45) is 0 Å². The lowest BCUT2D eigenvalue weighted by atomic mass is 10.1. The number of hydrogen-bond acceptors (Lipinski definition) is 4. The average Bonchev–Trinajstić information content (AvgIpc) is 3.00. The molecule has 1 aliphatic rings. The molecular weight excluding hydrogens is 393 g/mol. The molecule has 138 valence electrons. The molecular formula is C19H19Cl2NO3S. The summed E-state index contributed by atoms with van der Waals surface area (Å²) in [4.78, 5) is 15.2. The van der Waals surface area contributed by atoms with Gasteiger partial charge in [0, 0.05) is 28.3 Å². The summed E-state index contributed by atoms with van der Waals surface area (Å²) in [7, 11) is 1.62. The van der Waals surface area contributed by atoms with Gasteiger partial charge in [-0.25, -0.2) is 0 Å². The van der Waals surface area contributed by atoms with Crippen LogP contribution in [0.3, 0.4) is 0 Å². The van der Waals surface area contributed by atoms with Gasteiger partial charge in [0.25, 0.3) is 0 Å². The molecule has 1 unspecified atom stereocenters. The SMILES string of the molecule is COc1ccc(OCCCCl)c(C2Sc3ccc(Cl)cc3N2C(C)=O)c1. The molecule has 1 heterocycles. The molecule has 0 saturated heterocycles. The number of nitrogens with zero attached hydrogens (tertiary/aromatic N) is 1. The highest BCUT2D eigenvalue weighted by Gasteiger charge is 2.36. The molecule has 0 bridgehead atoms. The summed E-state index contributed by atoms with van der Waals surface area (Å²) in [6.45, 7) is 2.07. The smallest absolute Gasteiger partial charge is 0.225 e. The molecule has 0 fully saturated rings. The molecule has 0 radical (unpaired) electrons. The van der Waals surface area contributed by atoms with Crippen LogP contribution in [0, 0.1) is 0 Å². The molecule has 0 aliphatic carbocycles. The van der Waals surface area contributed by atoms with Gasteiger partial charge in [-0.1, -0.05) is 23.4 Å². The predicted molar refractivity (Wildman–Crippen MR) is 107 cm³/mol. The number of hydrogen-bond donors (Lipinski definition) is 0. The maximum Gasteiger partial charge on any atom is 0.225 e. The number of amides is 1. The Balaban J connectivity index is 2.02. The predicted octanol–water partition coefficient (Wildman–Crippen LogP) is 5.51. The Morgan fingerprint density at radius 2 is 2.08 bits per heavy atom. The molecule has 0 aromatic heterocycles. The van der Waals surface area contributed by atoms with Crippen LogP contribution in [0.15, 0.2) is 41.3 Å². The van der Waals surface area contributed by atoms with Crippen molar-refractivity contribution in [2.45, 2.75) is 23.6 Å². The van der Waals surface area contributed by atoms with Crippen LogP contribution in [0.2, 0.25) is 5.02 Å². The largest absolute Gasteiger partial charge is 0.497 e. The van der Waals surface area contributed by atoms with Crippen LogP contribution in [0.1, 0.15) is 24.3 Å². The molecule has 2 aromatic rings. The molecule has 1 atom stereocenters. The number of rotatable bonds is 6. The maximum atomic E-state index is 12.4. The average molecular weight is 412 g/mol. The second kappa shape index (κ2) is 8.42. The van der Waals surface area contributed by atoms with E-state index in [1.165, 1.54) is 0 Å². The van der Waals surface area contributed by atoms with E-state index in [-0.39, 0.29) is 11.3 Å². The molecule has 7 heteroatoms. The lowest BCUT2D eigenvalue weighted by Gasteiger charge is -2.25. The summed E-state index contributed by atoms with van der Waals surface area (Å²) in [5, 5.41) is 0.350. The van der Waals surface area contributed by atoms with Gasteiger partial charge >= 0.3 is 0 Å². The normalized spacial score (nSPS) is 15.7. The number of fused-ring (bicyclic) bond motifs is 1. The van der Waals surface area contributed by atoms with Crippen LogP contribution >= 0.6 is 35.0 Å². The molecule has 1 amide bonds. The Kier molecular flexibility index (Phi) is 6.22. The lowest BCUT2D eigenvalue weighted by Crippen LogP contribution is -2.28. The van der Waals surface area contributed by atoms with Crippen LogP contribution in [0.4, 0.5) is 5.69 Å². The Labute approximate surface area is 167 Å². The van der Waals surface area contributed by atoms with Gasteiger partial charge in [-0.2, -0.15) is 0 Å². The van der Waals surface area contributed by atoms with Crippen molar-refractivity contribution in [3.8, 4) is 11.5 Å². The summed E-state index contributed by atoms with van der Waals surface area (Å²) < 4.78 is 11.3. The summed E-state index contributed by atoms with van der Waals surface area (Å²) in [5.41, 5.74) is 1.70. The first-order chi connectivity index (χ1) is 12.5. The third kappa shape index (κ3) is 3.90. The van der Waals surface area contributed by atoms with Crippen molar-refractivity contribution >= 4 is 46.6 Å². The molecule has 4 nitrogen and oxygen atoms in total. The van der Waals surface area contributed by atoms with E-state index in [0.717, 1.165) is 28.3 Å². The van der Waals surface area contributed by atoms with E-state index in [4.69, 9.17) is 32.7 Å². The number of halogens is 2. The zero-order valence-electron chi connectivity index (χ0n) is 14.5. The third-order valence-corrected chi connectivity index (χ3v) is 5.80. The van der Waals surface area contributed by atoms with Crippen molar-refractivity contribution in [3.05, 3.63) is 47.0 Å². The summed E-state index contributed by atoms with van der Waals surface area (Å²) in [6.07, 6.45) is 0.747. The highest BCUT2D eigenvalue weighted by Crippen LogP contribution is 2.54. The van der Waals surface area contributed by atoms with E-state index < -0.39 is 0 Å². The monoisotopic (exact) mass is 411 g/mol. The molecule has 0 N–H and O–H groups in total. The number of carbonyl (C=O) groups excluding carboxylic acids is 1. The van der Waals surface area contributed by atoms with Gasteiger partial charge in [0.2, 0.25) is 5.91 Å². The number of carbonyl (C=O) groups is 1. The van der Waals surface area contributed by atoms with E-state index in [1.807, 2.05) is 36.4 Å². The van der Waals surface area contributed by atoms with Crippen LogP contribution in [0.25, 0.3) is 0 Å². The molecule has 1 aliphatic heterocycles. The number of alkyl halides is 1. The Bertz CT molecular complexity index is 815. The van der Waals surface area contributed by atoms with Crippen LogP contribution in [-0.2, 0) is 4.79 Å². The van der Waals surface area contributed by atoms with Gasteiger partial charge in [0.05, 0.1) is 19.4 Å². The second-order valence-electron chi connectivity index (χ2n) is 5.77. The molecule has 26 heavy (non-hydrogen) atoms. The van der Waals surface area contributed by atoms with E-state index in [1.54, 1.807) is 30.7 Å². The van der Waals surface area contributed by atoms with Gasteiger partial charge in [-0.3, -0.25) is 9.69 Å². The third-order valence-electron chi connectivity index (χ3n) is 4.01. The Morgan fingerprint density at radius 3 is 2.77 bits per heavy atom. The van der Waals surface area contributed by atoms with Gasteiger partial charge in [0.15, 0.2) is 0 Å². The van der Waals surface area contributed by atoms with Crippen molar-refractivity contribution < 1.29 is 14.3 Å². The first kappa shape index (κ1) is 19.2. The number of thioether (sulfide) groups is 1. The fourth-order valence-corrected chi connectivity index (χ4v) is 4.45. The molecule has 0 spiro atoms. The first-order valence-electron chi connectivity index (χ1n) is 8.18. The lowest BCUT2D eigenvalue weighted by molar-refractivity contribution is -0.116. The fraction of sp³-hybridized carbons (Fsp3) is 0.316. The summed E-state index contributed by atoms with van der Waals surface area (Å²) in [6, 6.07) is 11.2. The minimum atomic E-state index is -0.248.